The van der Waals surface area contributed by atoms with Crippen LogP contribution in [0.3, 0.4) is 0 Å². The lowest BCUT2D eigenvalue weighted by Gasteiger charge is -2.13. The maximum atomic E-state index is 12.3. The highest BCUT2D eigenvalue weighted by molar-refractivity contribution is 14.1. The fourth-order valence-corrected chi connectivity index (χ4v) is 2.51. The number of hydrogen-bond acceptors (Lipinski definition) is 7. The van der Waals surface area contributed by atoms with Gasteiger partial charge in [-0.1, -0.05) is 0 Å². The van der Waals surface area contributed by atoms with Crippen molar-refractivity contribution in [2.75, 3.05) is 27.9 Å². The molecule has 0 unspecified atom stereocenters. The monoisotopic (exact) mass is 487 g/mol. The van der Waals surface area contributed by atoms with Crippen LogP contribution >= 0.6 is 22.6 Å². The van der Waals surface area contributed by atoms with Crippen molar-refractivity contribution in [3.63, 3.8) is 0 Å². The minimum atomic E-state index is -0.492. The average molecular weight is 487 g/mol. The second-order valence-corrected chi connectivity index (χ2v) is 6.09. The maximum absolute atomic E-state index is 12.3. The van der Waals surface area contributed by atoms with Crippen molar-refractivity contribution in [3.05, 3.63) is 39.4 Å². The number of carbonyl (C=O) groups is 2. The Morgan fingerprint density at radius 3 is 2.33 bits per heavy atom. The van der Waals surface area contributed by atoms with Crippen molar-refractivity contribution in [1.29, 1.82) is 0 Å². The van der Waals surface area contributed by atoms with Crippen LogP contribution < -0.4 is 25.0 Å². The van der Waals surface area contributed by atoms with Gasteiger partial charge in [0.2, 0.25) is 5.75 Å². The number of hydrazone groups is 1. The molecule has 0 aliphatic carbocycles. The number of ether oxygens (including phenoxy) is 3. The molecule has 0 radical (unpaired) electrons. The van der Waals surface area contributed by atoms with E-state index in [2.05, 4.69) is 15.8 Å². The largest absolute Gasteiger partial charge is 0.493 e. The van der Waals surface area contributed by atoms with E-state index in [1.807, 2.05) is 22.6 Å². The number of furan rings is 1. The van der Waals surface area contributed by atoms with Crippen LogP contribution in [0.4, 0.5) is 0 Å². The second-order valence-electron chi connectivity index (χ2n) is 5.03. The smallest absolute Gasteiger partial charge is 0.259 e. The third-order valence-electron chi connectivity index (χ3n) is 3.31. The SMILES string of the molecule is COc1cc(C(=O)NCC(=O)N/N=C/c2ccc(I)o2)cc(OC)c1OC. The van der Waals surface area contributed by atoms with Crippen LogP contribution in [-0.2, 0) is 4.79 Å². The summed E-state index contributed by atoms with van der Waals surface area (Å²) in [6.45, 7) is -0.261. The normalized spacial score (nSPS) is 10.5. The zero-order valence-corrected chi connectivity index (χ0v) is 17.0. The van der Waals surface area contributed by atoms with Gasteiger partial charge in [-0.3, -0.25) is 9.59 Å². The molecule has 0 fully saturated rings. The van der Waals surface area contributed by atoms with Crippen molar-refractivity contribution < 1.29 is 28.2 Å². The van der Waals surface area contributed by atoms with Crippen molar-refractivity contribution in [3.8, 4) is 17.2 Å². The van der Waals surface area contributed by atoms with Gasteiger partial charge < -0.3 is 23.9 Å². The number of nitrogens with zero attached hydrogens (tertiary/aromatic N) is 1. The lowest BCUT2D eigenvalue weighted by Crippen LogP contribution is -2.34. The topological polar surface area (TPSA) is 111 Å². The van der Waals surface area contributed by atoms with Crippen LogP contribution in [0.2, 0.25) is 0 Å². The van der Waals surface area contributed by atoms with Crippen LogP contribution in [0.1, 0.15) is 16.1 Å². The van der Waals surface area contributed by atoms with E-state index in [0.717, 1.165) is 0 Å². The van der Waals surface area contributed by atoms with Crippen molar-refractivity contribution in [2.24, 2.45) is 5.10 Å². The first-order chi connectivity index (χ1) is 13.0. The van der Waals surface area contributed by atoms with Gasteiger partial charge in [0.1, 0.15) is 5.76 Å². The van der Waals surface area contributed by atoms with E-state index in [4.69, 9.17) is 18.6 Å². The lowest BCUT2D eigenvalue weighted by atomic mass is 10.1. The van der Waals surface area contributed by atoms with Gasteiger partial charge in [0.25, 0.3) is 11.8 Å². The molecular formula is C17H18IN3O6. The molecule has 144 valence electrons. The number of carbonyl (C=O) groups excluding carboxylic acids is 2. The molecule has 0 spiro atoms. The molecule has 0 bridgehead atoms. The Morgan fingerprint density at radius 1 is 1.15 bits per heavy atom. The Hall–Kier alpha value is -2.76. The highest BCUT2D eigenvalue weighted by Gasteiger charge is 2.17. The van der Waals surface area contributed by atoms with Gasteiger partial charge >= 0.3 is 0 Å². The predicted octanol–water partition coefficient (Wildman–Crippen LogP) is 1.79. The van der Waals surface area contributed by atoms with E-state index in [9.17, 15) is 9.59 Å². The van der Waals surface area contributed by atoms with E-state index in [1.54, 1.807) is 12.1 Å². The van der Waals surface area contributed by atoms with Gasteiger partial charge in [0.05, 0.1) is 34.1 Å². The molecule has 2 aromatic rings. The van der Waals surface area contributed by atoms with E-state index in [1.165, 1.54) is 39.7 Å². The first-order valence-corrected chi connectivity index (χ1v) is 8.71. The molecule has 9 nitrogen and oxygen atoms in total. The molecule has 0 saturated heterocycles. The minimum Gasteiger partial charge on any atom is -0.493 e. The van der Waals surface area contributed by atoms with Gasteiger partial charge in [-0.2, -0.15) is 5.10 Å². The molecule has 27 heavy (non-hydrogen) atoms. The summed E-state index contributed by atoms with van der Waals surface area (Å²) in [4.78, 5) is 24.1. The van der Waals surface area contributed by atoms with Crippen LogP contribution in [0.15, 0.2) is 33.8 Å². The summed E-state index contributed by atoms with van der Waals surface area (Å²) >= 11 is 2.02. The van der Waals surface area contributed by atoms with Crippen LogP contribution in [0, 0.1) is 3.77 Å². The minimum absolute atomic E-state index is 0.256. The Kier molecular flexibility index (Phi) is 7.46. The third-order valence-corrected chi connectivity index (χ3v) is 3.89. The maximum Gasteiger partial charge on any atom is 0.259 e. The van der Waals surface area contributed by atoms with Gasteiger partial charge in [-0.15, -0.1) is 0 Å². The van der Waals surface area contributed by atoms with Crippen molar-refractivity contribution >= 4 is 40.6 Å². The summed E-state index contributed by atoms with van der Waals surface area (Å²) in [6.07, 6.45) is 1.36. The van der Waals surface area contributed by atoms with E-state index in [0.29, 0.717) is 26.8 Å². The molecule has 1 aromatic carbocycles. The second kappa shape index (κ2) is 9.80. The number of benzene rings is 1. The van der Waals surface area contributed by atoms with Gasteiger partial charge in [0, 0.05) is 5.56 Å². The molecule has 0 aliphatic rings. The molecule has 10 heteroatoms. The molecule has 2 rings (SSSR count). The molecule has 1 heterocycles. The summed E-state index contributed by atoms with van der Waals surface area (Å²) in [5.74, 6) is 0.577. The Balaban J connectivity index is 1.94. The van der Waals surface area contributed by atoms with E-state index in [-0.39, 0.29) is 12.1 Å². The molecule has 2 N–H and O–H groups in total. The van der Waals surface area contributed by atoms with Gasteiger partial charge in [-0.05, 0) is 46.9 Å². The van der Waals surface area contributed by atoms with Gasteiger partial charge in [0.15, 0.2) is 15.3 Å². The summed E-state index contributed by atoms with van der Waals surface area (Å²) < 4.78 is 21.6. The zero-order valence-electron chi connectivity index (χ0n) is 14.9. The first kappa shape index (κ1) is 20.6. The molecule has 1 aromatic heterocycles. The van der Waals surface area contributed by atoms with Crippen LogP contribution in [0.25, 0.3) is 0 Å². The summed E-state index contributed by atoms with van der Waals surface area (Å²) in [5, 5.41) is 6.24. The van der Waals surface area contributed by atoms with Crippen molar-refractivity contribution in [1.82, 2.24) is 10.7 Å². The van der Waals surface area contributed by atoms with E-state index < -0.39 is 11.8 Å². The summed E-state index contributed by atoms with van der Waals surface area (Å²) in [7, 11) is 4.36. The number of halogens is 1. The quantitative estimate of drug-likeness (QED) is 0.334. The Morgan fingerprint density at radius 2 is 1.81 bits per heavy atom. The predicted molar refractivity (Wildman–Crippen MR) is 106 cm³/mol. The Labute approximate surface area is 169 Å². The summed E-state index contributed by atoms with van der Waals surface area (Å²) in [5.41, 5.74) is 2.55. The summed E-state index contributed by atoms with van der Waals surface area (Å²) in [6, 6.07) is 6.46. The van der Waals surface area contributed by atoms with Gasteiger partial charge in [-0.25, -0.2) is 5.43 Å². The fraction of sp³-hybridized carbons (Fsp3) is 0.235. The first-order valence-electron chi connectivity index (χ1n) is 7.64. The molecule has 0 aliphatic heterocycles. The standard InChI is InChI=1S/C17H18IN3O6/c1-24-12-6-10(7-13(25-2)16(12)26-3)17(23)19-9-15(22)21-20-8-11-4-5-14(18)27-11/h4-8H,9H2,1-3H3,(H,19,23)(H,21,22)/b20-8+. The zero-order chi connectivity index (χ0) is 19.8. The van der Waals surface area contributed by atoms with Crippen LogP contribution in [0.5, 0.6) is 17.2 Å². The highest BCUT2D eigenvalue weighted by atomic mass is 127. The number of methoxy groups -OCH3 is 3. The van der Waals surface area contributed by atoms with Crippen LogP contribution in [-0.4, -0.2) is 45.9 Å². The molecular weight excluding hydrogens is 469 g/mol. The molecule has 2 amide bonds. The molecule has 0 atom stereocenters. The lowest BCUT2D eigenvalue weighted by molar-refractivity contribution is -0.120. The van der Waals surface area contributed by atoms with E-state index >= 15 is 0 Å². The Bertz CT molecular complexity index is 824. The molecule has 0 saturated carbocycles. The number of rotatable bonds is 8. The van der Waals surface area contributed by atoms with Crippen molar-refractivity contribution in [2.45, 2.75) is 0 Å². The number of nitrogens with one attached hydrogen (secondary N) is 2. The number of hydrogen-bond donors (Lipinski definition) is 2. The average Bonchev–Trinajstić information content (AvgIpc) is 3.09. The third kappa shape index (κ3) is 5.61. The highest BCUT2D eigenvalue weighted by Crippen LogP contribution is 2.38. The number of amides is 2. The fourth-order valence-electron chi connectivity index (χ4n) is 2.08.